The Hall–Kier alpha value is -3.03. The van der Waals surface area contributed by atoms with Crippen molar-refractivity contribution < 1.29 is 14.3 Å². The highest BCUT2D eigenvalue weighted by Gasteiger charge is 2.16. The highest BCUT2D eigenvalue weighted by Crippen LogP contribution is 2.20. The first kappa shape index (κ1) is 21.7. The number of methoxy groups -OCH3 is 1. The lowest BCUT2D eigenvalue weighted by atomic mass is 10.1. The number of carbonyl (C=O) groups is 1. The van der Waals surface area contributed by atoms with Gasteiger partial charge in [-0.15, -0.1) is 0 Å². The van der Waals surface area contributed by atoms with Crippen molar-refractivity contribution in [3.8, 4) is 5.75 Å². The van der Waals surface area contributed by atoms with Gasteiger partial charge in [0.05, 0.1) is 19.8 Å². The van der Waals surface area contributed by atoms with Gasteiger partial charge in [0.25, 0.3) is 5.56 Å². The zero-order valence-corrected chi connectivity index (χ0v) is 17.7. The van der Waals surface area contributed by atoms with Crippen LogP contribution in [0.15, 0.2) is 53.3 Å². The number of aromatic amines is 1. The summed E-state index contributed by atoms with van der Waals surface area (Å²) < 4.78 is 10.7. The number of nitrogens with one attached hydrogen (secondary N) is 2. The minimum absolute atomic E-state index is 0.132. The van der Waals surface area contributed by atoms with E-state index in [-0.39, 0.29) is 18.1 Å². The fraction of sp³-hybridized carbons (Fsp3) is 0.273. The van der Waals surface area contributed by atoms with Crippen LogP contribution in [0, 0.1) is 0 Å². The lowest BCUT2D eigenvalue weighted by Crippen LogP contribution is -2.38. The average molecular weight is 430 g/mol. The Morgan fingerprint density at radius 2 is 1.93 bits per heavy atom. The number of aromatic nitrogens is 1. The van der Waals surface area contributed by atoms with Crippen molar-refractivity contribution >= 4 is 34.2 Å². The zero-order valence-electron chi connectivity index (χ0n) is 16.9. The molecule has 8 heteroatoms. The second kappa shape index (κ2) is 10.1. The van der Waals surface area contributed by atoms with E-state index in [0.29, 0.717) is 41.5 Å². The minimum atomic E-state index is -0.336. The second-order valence-corrected chi connectivity index (χ2v) is 7.09. The number of pyridine rings is 1. The maximum atomic E-state index is 12.8. The topological polar surface area (TPSA) is 83.7 Å². The predicted octanol–water partition coefficient (Wildman–Crippen LogP) is 4.26. The number of anilines is 1. The molecule has 2 amide bonds. The van der Waals surface area contributed by atoms with E-state index in [2.05, 4.69) is 10.3 Å². The molecule has 0 aliphatic rings. The van der Waals surface area contributed by atoms with E-state index in [0.717, 1.165) is 11.1 Å². The van der Waals surface area contributed by atoms with Gasteiger partial charge < -0.3 is 24.7 Å². The summed E-state index contributed by atoms with van der Waals surface area (Å²) >= 11 is 5.90. The Labute approximate surface area is 179 Å². The summed E-state index contributed by atoms with van der Waals surface area (Å²) in [5.74, 6) is 0.722. The summed E-state index contributed by atoms with van der Waals surface area (Å²) in [6, 6.07) is 13.8. The van der Waals surface area contributed by atoms with Crippen LogP contribution in [0.1, 0.15) is 12.5 Å². The third kappa shape index (κ3) is 5.52. The van der Waals surface area contributed by atoms with Crippen molar-refractivity contribution in [2.45, 2.75) is 13.5 Å². The molecule has 0 saturated carbocycles. The Morgan fingerprint density at radius 3 is 2.63 bits per heavy atom. The molecule has 2 N–H and O–H groups in total. The van der Waals surface area contributed by atoms with Crippen molar-refractivity contribution in [2.75, 3.05) is 32.2 Å². The molecule has 0 aliphatic heterocycles. The Kier molecular flexibility index (Phi) is 7.32. The molecule has 3 rings (SSSR count). The number of rotatable bonds is 8. The molecule has 0 fully saturated rings. The Morgan fingerprint density at radius 1 is 1.17 bits per heavy atom. The molecule has 0 saturated heterocycles. The van der Waals surface area contributed by atoms with Gasteiger partial charge in [-0.05, 0) is 55.5 Å². The van der Waals surface area contributed by atoms with Crippen LogP contribution in [0.3, 0.4) is 0 Å². The second-order valence-electron chi connectivity index (χ2n) is 6.66. The SMILES string of the molecule is CCOc1ccc2[nH]c(=O)c(CN(CCOC)C(=O)Nc3ccc(Cl)cc3)cc2c1. The van der Waals surface area contributed by atoms with Crippen LogP contribution in [0.25, 0.3) is 10.9 Å². The van der Waals surface area contributed by atoms with Gasteiger partial charge in [-0.2, -0.15) is 0 Å². The first-order valence-corrected chi connectivity index (χ1v) is 9.97. The smallest absolute Gasteiger partial charge is 0.322 e. The van der Waals surface area contributed by atoms with Crippen LogP contribution in [-0.2, 0) is 11.3 Å². The van der Waals surface area contributed by atoms with Crippen molar-refractivity contribution in [1.29, 1.82) is 0 Å². The molecule has 0 bridgehead atoms. The Balaban J connectivity index is 1.84. The lowest BCUT2D eigenvalue weighted by molar-refractivity contribution is 0.152. The summed E-state index contributed by atoms with van der Waals surface area (Å²) in [6.45, 7) is 3.26. The zero-order chi connectivity index (χ0) is 21.5. The normalized spacial score (nSPS) is 10.8. The van der Waals surface area contributed by atoms with E-state index in [4.69, 9.17) is 21.1 Å². The van der Waals surface area contributed by atoms with Gasteiger partial charge in [0.2, 0.25) is 0 Å². The average Bonchev–Trinajstić information content (AvgIpc) is 2.73. The van der Waals surface area contributed by atoms with Gasteiger partial charge in [0.15, 0.2) is 0 Å². The molecule has 7 nitrogen and oxygen atoms in total. The molecule has 0 radical (unpaired) electrons. The van der Waals surface area contributed by atoms with E-state index in [9.17, 15) is 9.59 Å². The quantitative estimate of drug-likeness (QED) is 0.560. The summed E-state index contributed by atoms with van der Waals surface area (Å²) in [5.41, 5.74) is 1.55. The molecule has 0 unspecified atom stereocenters. The van der Waals surface area contributed by atoms with Crippen LogP contribution >= 0.6 is 11.6 Å². The number of urea groups is 1. The van der Waals surface area contributed by atoms with Gasteiger partial charge in [-0.1, -0.05) is 11.6 Å². The largest absolute Gasteiger partial charge is 0.494 e. The lowest BCUT2D eigenvalue weighted by Gasteiger charge is -2.23. The number of benzene rings is 2. The maximum absolute atomic E-state index is 12.8. The van der Waals surface area contributed by atoms with Crippen molar-refractivity contribution in [1.82, 2.24) is 9.88 Å². The highest BCUT2D eigenvalue weighted by molar-refractivity contribution is 6.30. The summed E-state index contributed by atoms with van der Waals surface area (Å²) in [7, 11) is 1.56. The number of halogens is 1. The van der Waals surface area contributed by atoms with Crippen molar-refractivity contribution in [2.24, 2.45) is 0 Å². The van der Waals surface area contributed by atoms with E-state index in [1.165, 1.54) is 4.90 Å². The molecule has 158 valence electrons. The molecule has 1 heterocycles. The van der Waals surface area contributed by atoms with E-state index in [1.807, 2.05) is 19.1 Å². The molecule has 1 aromatic heterocycles. The fourth-order valence-corrected chi connectivity index (χ4v) is 3.13. The third-order valence-corrected chi connectivity index (χ3v) is 4.76. The fourth-order valence-electron chi connectivity index (χ4n) is 3.00. The van der Waals surface area contributed by atoms with E-state index in [1.54, 1.807) is 43.5 Å². The van der Waals surface area contributed by atoms with Crippen LogP contribution < -0.4 is 15.6 Å². The van der Waals surface area contributed by atoms with Crippen LogP contribution in [0.4, 0.5) is 10.5 Å². The van der Waals surface area contributed by atoms with Gasteiger partial charge >= 0.3 is 6.03 Å². The summed E-state index contributed by atoms with van der Waals surface area (Å²) in [6.07, 6.45) is 0. The molecular weight excluding hydrogens is 406 g/mol. The predicted molar refractivity (Wildman–Crippen MR) is 118 cm³/mol. The number of hydrogen-bond acceptors (Lipinski definition) is 4. The number of nitrogens with zero attached hydrogens (tertiary/aromatic N) is 1. The number of amides is 2. The first-order chi connectivity index (χ1) is 14.5. The van der Waals surface area contributed by atoms with Crippen LogP contribution in [0.2, 0.25) is 5.02 Å². The molecule has 30 heavy (non-hydrogen) atoms. The number of carbonyl (C=O) groups excluding carboxylic acids is 1. The number of fused-ring (bicyclic) bond motifs is 1. The van der Waals surface area contributed by atoms with E-state index < -0.39 is 0 Å². The van der Waals surface area contributed by atoms with Crippen LogP contribution in [-0.4, -0.2) is 42.8 Å². The van der Waals surface area contributed by atoms with Gasteiger partial charge in [0.1, 0.15) is 5.75 Å². The highest BCUT2D eigenvalue weighted by atomic mass is 35.5. The molecule has 0 spiro atoms. The third-order valence-electron chi connectivity index (χ3n) is 4.51. The molecular formula is C22H24ClN3O4. The van der Waals surface area contributed by atoms with Gasteiger partial charge in [-0.25, -0.2) is 4.79 Å². The summed E-state index contributed by atoms with van der Waals surface area (Å²) in [4.78, 5) is 29.8. The van der Waals surface area contributed by atoms with Crippen molar-refractivity contribution in [3.63, 3.8) is 0 Å². The van der Waals surface area contributed by atoms with E-state index >= 15 is 0 Å². The molecule has 2 aromatic carbocycles. The Bertz CT molecular complexity index is 1070. The first-order valence-electron chi connectivity index (χ1n) is 9.59. The number of hydrogen-bond donors (Lipinski definition) is 2. The molecule has 0 atom stereocenters. The van der Waals surface area contributed by atoms with Gasteiger partial charge in [0, 0.05) is 40.8 Å². The molecule has 0 aliphatic carbocycles. The van der Waals surface area contributed by atoms with Crippen molar-refractivity contribution in [3.05, 3.63) is 69.5 Å². The summed E-state index contributed by atoms with van der Waals surface area (Å²) in [5, 5.41) is 4.24. The maximum Gasteiger partial charge on any atom is 0.322 e. The van der Waals surface area contributed by atoms with Crippen LogP contribution in [0.5, 0.6) is 5.75 Å². The molecule has 3 aromatic rings. The standard InChI is InChI=1S/C22H24ClN3O4/c1-3-30-19-8-9-20-15(13-19)12-16(21(27)25-20)14-26(10-11-29-2)22(28)24-18-6-4-17(23)5-7-18/h4-9,12-13H,3,10-11,14H2,1-2H3,(H,24,28)(H,25,27). The monoisotopic (exact) mass is 429 g/mol. The number of ether oxygens (including phenoxy) is 2. The van der Waals surface area contributed by atoms with Gasteiger partial charge in [-0.3, -0.25) is 4.79 Å². The minimum Gasteiger partial charge on any atom is -0.494 e. The number of H-pyrrole nitrogens is 1.